The standard InChI is InChI=1S/C24H29F3/c1-2-3-18-6-12-21(13-7-18)22-14-8-19(9-15-22)4-5-20-10-16-23(17-11-20)24(25,26)27/h8-11,14-18,21H,2-7,12-13H2,1H3/t18-,21-. The van der Waals surface area contributed by atoms with E-state index in [0.29, 0.717) is 5.92 Å². The summed E-state index contributed by atoms with van der Waals surface area (Å²) >= 11 is 0. The molecular formula is C24H29F3. The van der Waals surface area contributed by atoms with Gasteiger partial charge in [-0.25, -0.2) is 0 Å². The highest BCUT2D eigenvalue weighted by atomic mass is 19.4. The predicted octanol–water partition coefficient (Wildman–Crippen LogP) is 7.56. The molecule has 3 rings (SSSR count). The maximum absolute atomic E-state index is 12.6. The Morgan fingerprint density at radius 3 is 1.78 bits per heavy atom. The number of halogens is 3. The smallest absolute Gasteiger partial charge is 0.166 e. The van der Waals surface area contributed by atoms with E-state index in [4.69, 9.17) is 0 Å². The average Bonchev–Trinajstić information content (AvgIpc) is 2.67. The molecule has 0 saturated heterocycles. The summed E-state index contributed by atoms with van der Waals surface area (Å²) in [5.74, 6) is 1.62. The van der Waals surface area contributed by atoms with Gasteiger partial charge in [0.05, 0.1) is 5.56 Å². The minimum absolute atomic E-state index is 0.579. The van der Waals surface area contributed by atoms with E-state index in [1.807, 2.05) is 0 Å². The Hall–Kier alpha value is -1.77. The summed E-state index contributed by atoms with van der Waals surface area (Å²) in [5, 5.41) is 0. The van der Waals surface area contributed by atoms with Crippen LogP contribution in [0.5, 0.6) is 0 Å². The molecule has 0 amide bonds. The van der Waals surface area contributed by atoms with Crippen LogP contribution in [0.15, 0.2) is 48.5 Å². The molecule has 0 heterocycles. The molecule has 0 N–H and O–H groups in total. The molecule has 1 aliphatic carbocycles. The maximum atomic E-state index is 12.6. The number of hydrogen-bond acceptors (Lipinski definition) is 0. The van der Waals surface area contributed by atoms with E-state index in [9.17, 15) is 13.2 Å². The predicted molar refractivity (Wildman–Crippen MR) is 105 cm³/mol. The van der Waals surface area contributed by atoms with Gasteiger partial charge in [0.1, 0.15) is 0 Å². The first kappa shape index (κ1) is 20.0. The number of alkyl halides is 3. The van der Waals surface area contributed by atoms with Crippen LogP contribution in [0, 0.1) is 5.92 Å². The molecular weight excluding hydrogens is 345 g/mol. The molecule has 0 radical (unpaired) electrons. The topological polar surface area (TPSA) is 0 Å². The molecule has 0 aromatic heterocycles. The lowest BCUT2D eigenvalue weighted by Crippen LogP contribution is -2.13. The Morgan fingerprint density at radius 1 is 0.778 bits per heavy atom. The van der Waals surface area contributed by atoms with Crippen molar-refractivity contribution in [1.82, 2.24) is 0 Å². The highest BCUT2D eigenvalue weighted by molar-refractivity contribution is 5.28. The van der Waals surface area contributed by atoms with E-state index in [-0.39, 0.29) is 0 Å². The van der Waals surface area contributed by atoms with Crippen LogP contribution in [0.25, 0.3) is 0 Å². The fourth-order valence-electron chi connectivity index (χ4n) is 4.30. The molecule has 1 fully saturated rings. The largest absolute Gasteiger partial charge is 0.416 e. The zero-order valence-electron chi connectivity index (χ0n) is 16.1. The van der Waals surface area contributed by atoms with Crippen molar-refractivity contribution < 1.29 is 13.2 Å². The summed E-state index contributed by atoms with van der Waals surface area (Å²) in [6.45, 7) is 2.27. The number of rotatable bonds is 6. The zero-order chi connectivity index (χ0) is 19.3. The molecule has 0 nitrogen and oxygen atoms in total. The van der Waals surface area contributed by atoms with Crippen LogP contribution in [0.4, 0.5) is 13.2 Å². The molecule has 2 aromatic rings. The van der Waals surface area contributed by atoms with Gasteiger partial charge >= 0.3 is 6.18 Å². The fraction of sp³-hybridized carbons (Fsp3) is 0.500. The quantitative estimate of drug-likeness (QED) is 0.489. The highest BCUT2D eigenvalue weighted by Crippen LogP contribution is 2.37. The van der Waals surface area contributed by atoms with Crippen LogP contribution < -0.4 is 0 Å². The molecule has 1 aliphatic rings. The van der Waals surface area contributed by atoms with Gasteiger partial charge < -0.3 is 0 Å². The molecule has 2 aromatic carbocycles. The summed E-state index contributed by atoms with van der Waals surface area (Å²) in [4.78, 5) is 0. The van der Waals surface area contributed by atoms with E-state index >= 15 is 0 Å². The van der Waals surface area contributed by atoms with Gasteiger partial charge in [-0.2, -0.15) is 13.2 Å². The van der Waals surface area contributed by atoms with Gasteiger partial charge in [-0.15, -0.1) is 0 Å². The summed E-state index contributed by atoms with van der Waals surface area (Å²) in [6.07, 6.45) is 5.34. The van der Waals surface area contributed by atoms with E-state index in [2.05, 4.69) is 31.2 Å². The first-order valence-corrected chi connectivity index (χ1v) is 10.2. The second-order valence-electron chi connectivity index (χ2n) is 7.94. The molecule has 0 bridgehead atoms. The minimum Gasteiger partial charge on any atom is -0.166 e. The first-order chi connectivity index (χ1) is 13.0. The third-order valence-corrected chi connectivity index (χ3v) is 5.98. The Labute approximate surface area is 160 Å². The lowest BCUT2D eigenvalue weighted by Gasteiger charge is -2.28. The van der Waals surface area contributed by atoms with Crippen molar-refractivity contribution in [3.63, 3.8) is 0 Å². The second-order valence-corrected chi connectivity index (χ2v) is 7.94. The normalized spacial score (nSPS) is 20.6. The van der Waals surface area contributed by atoms with Crippen molar-refractivity contribution in [1.29, 1.82) is 0 Å². The van der Waals surface area contributed by atoms with Crippen LogP contribution in [0.1, 0.15) is 73.6 Å². The van der Waals surface area contributed by atoms with E-state index < -0.39 is 11.7 Å². The average molecular weight is 374 g/mol. The summed E-state index contributed by atoms with van der Waals surface area (Å²) < 4.78 is 37.9. The van der Waals surface area contributed by atoms with Crippen molar-refractivity contribution in [2.45, 2.75) is 70.4 Å². The van der Waals surface area contributed by atoms with Gasteiger partial charge in [0, 0.05) is 0 Å². The van der Waals surface area contributed by atoms with Crippen LogP contribution >= 0.6 is 0 Å². The first-order valence-electron chi connectivity index (χ1n) is 10.2. The van der Waals surface area contributed by atoms with Crippen molar-refractivity contribution >= 4 is 0 Å². The molecule has 27 heavy (non-hydrogen) atoms. The van der Waals surface area contributed by atoms with Crippen molar-refractivity contribution in [3.8, 4) is 0 Å². The summed E-state index contributed by atoms with van der Waals surface area (Å²) in [5.41, 5.74) is 3.06. The summed E-state index contributed by atoms with van der Waals surface area (Å²) in [7, 11) is 0. The van der Waals surface area contributed by atoms with Gasteiger partial charge in [-0.05, 0) is 79.2 Å². The molecule has 1 saturated carbocycles. The van der Waals surface area contributed by atoms with Gasteiger partial charge in [0.25, 0.3) is 0 Å². The summed E-state index contributed by atoms with van der Waals surface area (Å²) in [6, 6.07) is 14.4. The molecule has 0 spiro atoms. The van der Waals surface area contributed by atoms with Gasteiger partial charge in [0.15, 0.2) is 0 Å². The second kappa shape index (κ2) is 8.95. The molecule has 0 aliphatic heterocycles. The zero-order valence-corrected chi connectivity index (χ0v) is 16.1. The van der Waals surface area contributed by atoms with Crippen molar-refractivity contribution in [2.75, 3.05) is 0 Å². The van der Waals surface area contributed by atoms with Crippen molar-refractivity contribution in [2.24, 2.45) is 5.92 Å². The number of aryl methyl sites for hydroxylation is 2. The molecule has 0 atom stereocenters. The monoisotopic (exact) mass is 374 g/mol. The third kappa shape index (κ3) is 5.60. The Kier molecular flexibility index (Phi) is 6.62. The highest BCUT2D eigenvalue weighted by Gasteiger charge is 2.29. The number of hydrogen-bond donors (Lipinski definition) is 0. The third-order valence-electron chi connectivity index (χ3n) is 5.98. The van der Waals surface area contributed by atoms with E-state index in [1.165, 1.54) is 61.8 Å². The van der Waals surface area contributed by atoms with Gasteiger partial charge in [0.2, 0.25) is 0 Å². The fourth-order valence-corrected chi connectivity index (χ4v) is 4.30. The van der Waals surface area contributed by atoms with Gasteiger partial charge in [-0.1, -0.05) is 56.2 Å². The lowest BCUT2D eigenvalue weighted by atomic mass is 9.77. The molecule has 3 heteroatoms. The van der Waals surface area contributed by atoms with Crippen LogP contribution in [-0.4, -0.2) is 0 Å². The Bertz CT molecular complexity index is 690. The van der Waals surface area contributed by atoms with Crippen LogP contribution in [-0.2, 0) is 19.0 Å². The van der Waals surface area contributed by atoms with Crippen molar-refractivity contribution in [3.05, 3.63) is 70.8 Å². The molecule has 146 valence electrons. The minimum atomic E-state index is -4.26. The lowest BCUT2D eigenvalue weighted by molar-refractivity contribution is -0.137. The Balaban J connectivity index is 1.51. The van der Waals surface area contributed by atoms with E-state index in [1.54, 1.807) is 12.1 Å². The maximum Gasteiger partial charge on any atom is 0.416 e. The Morgan fingerprint density at radius 2 is 1.30 bits per heavy atom. The van der Waals surface area contributed by atoms with E-state index in [0.717, 1.165) is 24.3 Å². The van der Waals surface area contributed by atoms with Crippen LogP contribution in [0.2, 0.25) is 0 Å². The SMILES string of the molecule is CCC[C@H]1CC[C@H](c2ccc(CCc3ccc(C(F)(F)F)cc3)cc2)CC1. The molecule has 0 unspecified atom stereocenters. The van der Waals surface area contributed by atoms with Gasteiger partial charge in [-0.3, -0.25) is 0 Å². The number of benzene rings is 2. The van der Waals surface area contributed by atoms with Crippen LogP contribution in [0.3, 0.4) is 0 Å².